The normalized spacial score (nSPS) is 10.8. The zero-order valence-corrected chi connectivity index (χ0v) is 18.3. The fourth-order valence-corrected chi connectivity index (χ4v) is 3.31. The first-order valence-electron chi connectivity index (χ1n) is 9.73. The van der Waals surface area contributed by atoms with Crippen molar-refractivity contribution in [3.8, 4) is 17.4 Å². The van der Waals surface area contributed by atoms with Gasteiger partial charge in [0.25, 0.3) is 5.91 Å². The zero-order valence-electron chi connectivity index (χ0n) is 17.6. The van der Waals surface area contributed by atoms with E-state index in [9.17, 15) is 9.18 Å². The average Bonchev–Trinajstić information content (AvgIpc) is 3.03. The molecule has 0 atom stereocenters. The third-order valence-corrected chi connectivity index (χ3v) is 5.34. The van der Waals surface area contributed by atoms with Gasteiger partial charge in [0.2, 0.25) is 5.88 Å². The van der Waals surface area contributed by atoms with E-state index in [0.717, 1.165) is 17.0 Å². The van der Waals surface area contributed by atoms with E-state index in [0.29, 0.717) is 23.1 Å². The van der Waals surface area contributed by atoms with Crippen LogP contribution in [0.25, 0.3) is 5.82 Å². The van der Waals surface area contributed by atoms with Crippen LogP contribution in [-0.4, -0.2) is 25.9 Å². The molecule has 2 aromatic carbocycles. The molecule has 1 amide bonds. The van der Waals surface area contributed by atoms with Crippen LogP contribution in [0.15, 0.2) is 54.6 Å². The number of aryl methyl sites for hydroxylation is 1. The molecule has 4 rings (SSSR count). The quantitative estimate of drug-likeness (QED) is 0.438. The van der Waals surface area contributed by atoms with Gasteiger partial charge in [-0.25, -0.2) is 9.07 Å². The minimum atomic E-state index is -0.687. The van der Waals surface area contributed by atoms with Gasteiger partial charge in [-0.2, -0.15) is 5.10 Å². The standard InChI is InChI=1S/C23H19ClFN5O2/c1-13-14(2)29-30(15(13)3)20-11-12-21(28-27-20)32-17-9-7-16(8-10-17)26-23(31)22-18(24)5-4-6-19(22)25/h4-12H,1-3H3,(H,26,31). The van der Waals surface area contributed by atoms with E-state index < -0.39 is 11.7 Å². The molecule has 0 saturated carbocycles. The summed E-state index contributed by atoms with van der Waals surface area (Å²) in [6.07, 6.45) is 0. The summed E-state index contributed by atoms with van der Waals surface area (Å²) in [6.45, 7) is 5.93. The third kappa shape index (κ3) is 4.31. The average molecular weight is 452 g/mol. The Morgan fingerprint density at radius 1 is 1.03 bits per heavy atom. The highest BCUT2D eigenvalue weighted by Gasteiger charge is 2.16. The lowest BCUT2D eigenvalue weighted by Gasteiger charge is -2.09. The predicted octanol–water partition coefficient (Wildman–Crippen LogP) is 5.42. The van der Waals surface area contributed by atoms with Crippen molar-refractivity contribution in [2.75, 3.05) is 5.32 Å². The van der Waals surface area contributed by atoms with Crippen LogP contribution < -0.4 is 10.1 Å². The van der Waals surface area contributed by atoms with Crippen molar-refractivity contribution in [3.63, 3.8) is 0 Å². The molecular formula is C23H19ClFN5O2. The van der Waals surface area contributed by atoms with Crippen LogP contribution in [0.5, 0.6) is 11.6 Å². The highest BCUT2D eigenvalue weighted by molar-refractivity contribution is 6.34. The minimum Gasteiger partial charge on any atom is -0.438 e. The molecule has 162 valence electrons. The Morgan fingerprint density at radius 2 is 1.78 bits per heavy atom. The highest BCUT2D eigenvalue weighted by Crippen LogP contribution is 2.24. The van der Waals surface area contributed by atoms with Crippen molar-refractivity contribution in [2.45, 2.75) is 20.8 Å². The van der Waals surface area contributed by atoms with Gasteiger partial charge in [-0.3, -0.25) is 4.79 Å². The minimum absolute atomic E-state index is 0.0418. The molecule has 9 heteroatoms. The van der Waals surface area contributed by atoms with Crippen LogP contribution in [0.1, 0.15) is 27.3 Å². The second-order valence-corrected chi connectivity index (χ2v) is 7.52. The molecule has 0 fully saturated rings. The fourth-order valence-electron chi connectivity index (χ4n) is 3.06. The molecule has 2 heterocycles. The van der Waals surface area contributed by atoms with Crippen molar-refractivity contribution in [1.82, 2.24) is 20.0 Å². The number of amides is 1. The van der Waals surface area contributed by atoms with Gasteiger partial charge in [0.15, 0.2) is 5.82 Å². The Balaban J connectivity index is 1.43. The Labute approximate surface area is 188 Å². The Bertz CT molecular complexity index is 1270. The fraction of sp³-hybridized carbons (Fsp3) is 0.130. The topological polar surface area (TPSA) is 81.9 Å². The molecule has 4 aromatic rings. The van der Waals surface area contributed by atoms with E-state index in [-0.39, 0.29) is 10.6 Å². The molecule has 0 radical (unpaired) electrons. The SMILES string of the molecule is Cc1nn(-c2ccc(Oc3ccc(NC(=O)c4c(F)cccc4Cl)cc3)nn2)c(C)c1C. The number of aromatic nitrogens is 4. The summed E-state index contributed by atoms with van der Waals surface area (Å²) < 4.78 is 21.4. The molecule has 0 aliphatic heterocycles. The number of rotatable bonds is 5. The first-order valence-corrected chi connectivity index (χ1v) is 10.1. The van der Waals surface area contributed by atoms with Crippen molar-refractivity contribution in [1.29, 1.82) is 0 Å². The second kappa shape index (κ2) is 8.76. The van der Waals surface area contributed by atoms with Gasteiger partial charge in [0.05, 0.1) is 16.3 Å². The third-order valence-electron chi connectivity index (χ3n) is 5.02. The van der Waals surface area contributed by atoms with Gasteiger partial charge >= 0.3 is 0 Å². The maximum atomic E-state index is 13.9. The van der Waals surface area contributed by atoms with Crippen LogP contribution in [0.2, 0.25) is 5.02 Å². The summed E-state index contributed by atoms with van der Waals surface area (Å²) >= 11 is 5.93. The number of carbonyl (C=O) groups is 1. The van der Waals surface area contributed by atoms with Crippen molar-refractivity contribution >= 4 is 23.2 Å². The highest BCUT2D eigenvalue weighted by atomic mass is 35.5. The van der Waals surface area contributed by atoms with Gasteiger partial charge < -0.3 is 10.1 Å². The van der Waals surface area contributed by atoms with Gasteiger partial charge in [-0.05, 0) is 68.8 Å². The maximum Gasteiger partial charge on any atom is 0.260 e. The molecule has 7 nitrogen and oxygen atoms in total. The van der Waals surface area contributed by atoms with Gasteiger partial charge in [-0.15, -0.1) is 10.2 Å². The maximum absolute atomic E-state index is 13.9. The lowest BCUT2D eigenvalue weighted by molar-refractivity contribution is 0.102. The molecule has 2 aromatic heterocycles. The second-order valence-electron chi connectivity index (χ2n) is 7.11. The molecule has 0 bridgehead atoms. The van der Waals surface area contributed by atoms with Crippen molar-refractivity contribution in [2.24, 2.45) is 0 Å². The number of ether oxygens (including phenoxy) is 1. The zero-order chi connectivity index (χ0) is 22.8. The first-order chi connectivity index (χ1) is 15.3. The molecule has 32 heavy (non-hydrogen) atoms. The number of hydrogen-bond donors (Lipinski definition) is 1. The van der Waals surface area contributed by atoms with Gasteiger partial charge in [0, 0.05) is 17.4 Å². The number of carbonyl (C=O) groups excluding carboxylic acids is 1. The van der Waals surface area contributed by atoms with E-state index in [4.69, 9.17) is 16.3 Å². The van der Waals surface area contributed by atoms with Crippen LogP contribution in [0.4, 0.5) is 10.1 Å². The number of nitrogens with zero attached hydrogens (tertiary/aromatic N) is 4. The predicted molar refractivity (Wildman–Crippen MR) is 119 cm³/mol. The summed E-state index contributed by atoms with van der Waals surface area (Å²) in [5, 5.41) is 15.4. The van der Waals surface area contributed by atoms with Crippen molar-refractivity contribution in [3.05, 3.63) is 88.0 Å². The van der Waals surface area contributed by atoms with Gasteiger partial charge in [-0.1, -0.05) is 17.7 Å². The van der Waals surface area contributed by atoms with Crippen LogP contribution in [0.3, 0.4) is 0 Å². The summed E-state index contributed by atoms with van der Waals surface area (Å²) in [5.74, 6) is 0.0731. The molecule has 0 aliphatic carbocycles. The molecule has 1 N–H and O–H groups in total. The lowest BCUT2D eigenvalue weighted by atomic mass is 10.2. The number of anilines is 1. The van der Waals surface area contributed by atoms with Crippen LogP contribution >= 0.6 is 11.6 Å². The Kier molecular flexibility index (Phi) is 5.87. The van der Waals surface area contributed by atoms with E-state index in [2.05, 4.69) is 20.6 Å². The van der Waals surface area contributed by atoms with E-state index in [1.807, 2.05) is 20.8 Å². The Hall–Kier alpha value is -3.78. The van der Waals surface area contributed by atoms with E-state index >= 15 is 0 Å². The lowest BCUT2D eigenvalue weighted by Crippen LogP contribution is -2.14. The molecular weight excluding hydrogens is 433 g/mol. The van der Waals surface area contributed by atoms with Gasteiger partial charge in [0.1, 0.15) is 11.6 Å². The number of hydrogen-bond acceptors (Lipinski definition) is 5. The van der Waals surface area contributed by atoms with Crippen LogP contribution in [0, 0.1) is 26.6 Å². The van der Waals surface area contributed by atoms with Crippen LogP contribution in [-0.2, 0) is 0 Å². The monoisotopic (exact) mass is 451 g/mol. The summed E-state index contributed by atoms with van der Waals surface area (Å²) in [7, 11) is 0. The summed E-state index contributed by atoms with van der Waals surface area (Å²) in [6, 6.07) is 14.1. The summed E-state index contributed by atoms with van der Waals surface area (Å²) in [4.78, 5) is 12.3. The van der Waals surface area contributed by atoms with Crippen molar-refractivity contribution < 1.29 is 13.9 Å². The van der Waals surface area contributed by atoms with E-state index in [1.165, 1.54) is 18.2 Å². The largest absolute Gasteiger partial charge is 0.438 e. The Morgan fingerprint density at radius 3 is 2.38 bits per heavy atom. The van der Waals surface area contributed by atoms with E-state index in [1.54, 1.807) is 41.1 Å². The number of benzene rings is 2. The number of nitrogens with one attached hydrogen (secondary N) is 1. The molecule has 0 unspecified atom stereocenters. The molecule has 0 saturated heterocycles. The first kappa shape index (κ1) is 21.5. The molecule has 0 spiro atoms. The number of halogens is 2. The summed E-state index contributed by atoms with van der Waals surface area (Å²) in [5.41, 5.74) is 3.30. The smallest absolute Gasteiger partial charge is 0.260 e. The molecule has 0 aliphatic rings.